The van der Waals surface area contributed by atoms with E-state index in [2.05, 4.69) is 37.8 Å². The Balaban J connectivity index is 1.61. The van der Waals surface area contributed by atoms with Gasteiger partial charge >= 0.3 is 6.18 Å². The van der Waals surface area contributed by atoms with Crippen molar-refractivity contribution in [2.75, 3.05) is 54.3 Å². The number of halogens is 4. The molecule has 0 aliphatic carbocycles. The summed E-state index contributed by atoms with van der Waals surface area (Å²) in [6, 6.07) is 11.4. The number of anilines is 6. The Morgan fingerprint density at radius 3 is 2.62 bits per heavy atom. The molecule has 2 heterocycles. The highest BCUT2D eigenvalue weighted by Crippen LogP contribution is 2.37. The van der Waals surface area contributed by atoms with Gasteiger partial charge in [-0.15, -0.1) is 0 Å². The van der Waals surface area contributed by atoms with Gasteiger partial charge in [0.1, 0.15) is 23.8 Å². The molecule has 1 aliphatic heterocycles. The average Bonchev–Trinajstić information content (AvgIpc) is 2.87. The third kappa shape index (κ3) is 6.74. The molecule has 4 N–H and O–H groups in total. The second-order valence-corrected chi connectivity index (χ2v) is 8.56. The molecule has 0 bridgehead atoms. The molecule has 0 saturated carbocycles. The average molecular weight is 546 g/mol. The molecule has 39 heavy (non-hydrogen) atoms. The van der Waals surface area contributed by atoms with E-state index in [-0.39, 0.29) is 24.2 Å². The fourth-order valence-electron chi connectivity index (χ4n) is 3.94. The highest BCUT2D eigenvalue weighted by atomic mass is 19.4. The summed E-state index contributed by atoms with van der Waals surface area (Å²) < 4.78 is 59.9. The maximum atomic E-state index is 13.7. The number of alkyl halides is 4. The van der Waals surface area contributed by atoms with E-state index in [1.165, 1.54) is 19.2 Å². The number of methoxy groups -OCH3 is 1. The first-order chi connectivity index (χ1) is 18.7. The van der Waals surface area contributed by atoms with E-state index in [1.807, 2.05) is 4.90 Å². The number of carbonyl (C=O) groups excluding carboxylic acids is 1. The van der Waals surface area contributed by atoms with Crippen molar-refractivity contribution in [2.24, 2.45) is 0 Å². The smallest absolute Gasteiger partial charge is 0.421 e. The van der Waals surface area contributed by atoms with E-state index < -0.39 is 30.1 Å². The highest BCUT2D eigenvalue weighted by molar-refractivity contribution is 5.99. The van der Waals surface area contributed by atoms with Crippen molar-refractivity contribution in [3.8, 4) is 5.75 Å². The van der Waals surface area contributed by atoms with Crippen molar-refractivity contribution in [3.05, 3.63) is 66.9 Å². The van der Waals surface area contributed by atoms with Crippen LogP contribution in [-0.4, -0.2) is 55.3 Å². The minimum atomic E-state index is -4.73. The van der Waals surface area contributed by atoms with Crippen LogP contribution in [0.25, 0.3) is 0 Å². The largest absolute Gasteiger partial charge is 0.494 e. The molecule has 2 aromatic carbocycles. The lowest BCUT2D eigenvalue weighted by molar-refractivity contribution is -0.137. The Morgan fingerprint density at radius 2 is 1.97 bits per heavy atom. The summed E-state index contributed by atoms with van der Waals surface area (Å²) in [5.74, 6) is -0.688. The molecule has 1 aliphatic rings. The van der Waals surface area contributed by atoms with E-state index in [9.17, 15) is 22.4 Å². The van der Waals surface area contributed by atoms with Gasteiger partial charge in [0.15, 0.2) is 0 Å². The molecule has 13 heteroatoms. The van der Waals surface area contributed by atoms with Crippen LogP contribution in [0.3, 0.4) is 0 Å². The van der Waals surface area contributed by atoms with Crippen LogP contribution in [0.4, 0.5) is 52.1 Å². The van der Waals surface area contributed by atoms with Crippen molar-refractivity contribution in [3.63, 3.8) is 0 Å². The summed E-state index contributed by atoms with van der Waals surface area (Å²) in [7, 11) is 1.45. The number of ether oxygens (including phenoxy) is 1. The van der Waals surface area contributed by atoms with Crippen LogP contribution in [0, 0.1) is 0 Å². The fourth-order valence-corrected chi connectivity index (χ4v) is 3.94. The quantitative estimate of drug-likeness (QED) is 0.200. The summed E-state index contributed by atoms with van der Waals surface area (Å²) in [4.78, 5) is 21.4. The number of benzene rings is 2. The number of nitrogens with zero attached hydrogens (tertiary/aromatic N) is 3. The molecule has 3 aromatic rings. The molecule has 4 rings (SSSR count). The zero-order valence-electron chi connectivity index (χ0n) is 21.0. The van der Waals surface area contributed by atoms with Gasteiger partial charge in [-0.3, -0.25) is 4.79 Å². The first-order valence-electron chi connectivity index (χ1n) is 11.9. The predicted octanol–water partition coefficient (Wildman–Crippen LogP) is 4.86. The van der Waals surface area contributed by atoms with Crippen LogP contribution in [0.1, 0.15) is 5.56 Å². The Morgan fingerprint density at radius 1 is 1.21 bits per heavy atom. The van der Waals surface area contributed by atoms with E-state index in [1.54, 1.807) is 30.3 Å². The maximum Gasteiger partial charge on any atom is 0.421 e. The van der Waals surface area contributed by atoms with Gasteiger partial charge in [-0.2, -0.15) is 18.2 Å². The number of aromatic nitrogens is 2. The summed E-state index contributed by atoms with van der Waals surface area (Å²) in [5.41, 5.74) is 0.697. The maximum absolute atomic E-state index is 13.7. The second kappa shape index (κ2) is 12.0. The molecule has 0 radical (unpaired) electrons. The first kappa shape index (κ1) is 27.6. The minimum absolute atomic E-state index is 0.114. The lowest BCUT2D eigenvalue weighted by Gasteiger charge is -2.39. The predicted molar refractivity (Wildman–Crippen MR) is 142 cm³/mol. The summed E-state index contributed by atoms with van der Waals surface area (Å²) in [6.07, 6.45) is -2.98. The number of rotatable bonds is 11. The molecule has 1 fully saturated rings. The number of amides is 1. The summed E-state index contributed by atoms with van der Waals surface area (Å²) >= 11 is 0. The van der Waals surface area contributed by atoms with Gasteiger partial charge in [-0.05, 0) is 36.4 Å². The normalized spacial score (nSPS) is 13.3. The molecule has 1 saturated heterocycles. The standard InChI is InChI=1S/C26H27F4N7O2/c1-3-23(38)33-16-5-4-6-17(11-16)34-24-20(26(28,29)30)15-32-25(36-24)35-21-8-7-18(12-22(21)39-2)37(10-9-27)19-13-31-14-19/h3-8,11-12,15,19,31H,1,9-10,13-14H2,2H3,(H,33,38)(H2,32,34,35,36). The Bertz CT molecular complexity index is 1330. The summed E-state index contributed by atoms with van der Waals surface area (Å²) in [5, 5.41) is 11.3. The Hall–Kier alpha value is -4.39. The third-order valence-corrected chi connectivity index (χ3v) is 5.96. The lowest BCUT2D eigenvalue weighted by Crippen LogP contribution is -2.58. The van der Waals surface area contributed by atoms with Gasteiger partial charge in [0.2, 0.25) is 11.9 Å². The van der Waals surface area contributed by atoms with Crippen molar-refractivity contribution < 1.29 is 27.1 Å². The van der Waals surface area contributed by atoms with Gasteiger partial charge in [-0.1, -0.05) is 12.6 Å². The number of nitrogens with one attached hydrogen (secondary N) is 4. The Labute approximate surface area is 222 Å². The fraction of sp³-hybridized carbons (Fsp3) is 0.269. The van der Waals surface area contributed by atoms with Crippen LogP contribution >= 0.6 is 0 Å². The minimum Gasteiger partial charge on any atom is -0.494 e. The van der Waals surface area contributed by atoms with Crippen LogP contribution in [-0.2, 0) is 11.0 Å². The molecular formula is C26H27F4N7O2. The molecule has 0 spiro atoms. The first-order valence-corrected chi connectivity index (χ1v) is 11.9. The molecule has 0 unspecified atom stereocenters. The molecular weight excluding hydrogens is 518 g/mol. The second-order valence-electron chi connectivity index (χ2n) is 8.56. The highest BCUT2D eigenvalue weighted by Gasteiger charge is 2.35. The topological polar surface area (TPSA) is 103 Å². The molecule has 1 aromatic heterocycles. The Kier molecular flexibility index (Phi) is 8.49. The van der Waals surface area contributed by atoms with E-state index >= 15 is 0 Å². The van der Waals surface area contributed by atoms with Crippen LogP contribution < -0.4 is 30.9 Å². The zero-order valence-corrected chi connectivity index (χ0v) is 21.0. The molecule has 1 amide bonds. The zero-order chi connectivity index (χ0) is 28.0. The van der Waals surface area contributed by atoms with Crippen molar-refractivity contribution in [2.45, 2.75) is 12.2 Å². The van der Waals surface area contributed by atoms with E-state index in [0.717, 1.165) is 24.9 Å². The monoisotopic (exact) mass is 545 g/mol. The van der Waals surface area contributed by atoms with Crippen LogP contribution in [0.2, 0.25) is 0 Å². The van der Waals surface area contributed by atoms with Gasteiger partial charge < -0.3 is 30.9 Å². The van der Waals surface area contributed by atoms with Gasteiger partial charge in [0.25, 0.3) is 0 Å². The van der Waals surface area contributed by atoms with Crippen molar-refractivity contribution in [1.82, 2.24) is 15.3 Å². The van der Waals surface area contributed by atoms with E-state index in [4.69, 9.17) is 4.74 Å². The summed E-state index contributed by atoms with van der Waals surface area (Å²) in [6.45, 7) is 4.55. The third-order valence-electron chi connectivity index (χ3n) is 5.96. The number of hydrogen-bond donors (Lipinski definition) is 4. The van der Waals surface area contributed by atoms with Crippen molar-refractivity contribution in [1.29, 1.82) is 0 Å². The molecule has 9 nitrogen and oxygen atoms in total. The van der Waals surface area contributed by atoms with Crippen LogP contribution in [0.15, 0.2) is 61.3 Å². The number of hydrogen-bond acceptors (Lipinski definition) is 8. The number of carbonyl (C=O) groups is 1. The molecule has 206 valence electrons. The van der Waals surface area contributed by atoms with Crippen LogP contribution in [0.5, 0.6) is 5.75 Å². The lowest BCUT2D eigenvalue weighted by atomic mass is 10.1. The SMILES string of the molecule is C=CC(=O)Nc1cccc(Nc2nc(Nc3ccc(N(CCF)C4CNC4)cc3OC)ncc2C(F)(F)F)c1. The molecule has 0 atom stereocenters. The van der Waals surface area contributed by atoms with Gasteiger partial charge in [-0.25, -0.2) is 9.37 Å². The van der Waals surface area contributed by atoms with Gasteiger partial charge in [0.05, 0.1) is 18.8 Å². The van der Waals surface area contributed by atoms with Gasteiger partial charge in [0, 0.05) is 49.0 Å². The van der Waals surface area contributed by atoms with Crippen molar-refractivity contribution >= 4 is 40.4 Å². The van der Waals surface area contributed by atoms with E-state index in [0.29, 0.717) is 23.3 Å².